The fraction of sp³-hybridized carbons (Fsp3) is 0.312. The highest BCUT2D eigenvalue weighted by molar-refractivity contribution is 5.86. The number of nitrogens with zero attached hydrogens (tertiary/aromatic N) is 1. The van der Waals surface area contributed by atoms with Gasteiger partial charge in [0.1, 0.15) is 0 Å². The minimum atomic E-state index is -1.01. The Kier molecular flexibility index (Phi) is 3.46. The van der Waals surface area contributed by atoms with Crippen LogP contribution in [-0.4, -0.2) is 17.6 Å². The lowest BCUT2D eigenvalue weighted by Gasteiger charge is -2.24. The highest BCUT2D eigenvalue weighted by Crippen LogP contribution is 2.28. The Bertz CT molecular complexity index is 618. The van der Waals surface area contributed by atoms with Gasteiger partial charge in [0.2, 0.25) is 5.76 Å². The van der Waals surface area contributed by atoms with Crippen molar-refractivity contribution in [1.82, 2.24) is 0 Å². The van der Waals surface area contributed by atoms with Crippen molar-refractivity contribution in [2.24, 2.45) is 0 Å². The highest BCUT2D eigenvalue weighted by Gasteiger charge is 2.19. The van der Waals surface area contributed by atoms with Crippen molar-refractivity contribution in [2.45, 2.75) is 25.8 Å². The van der Waals surface area contributed by atoms with Crippen LogP contribution in [0.15, 0.2) is 41.0 Å². The third-order valence-electron chi connectivity index (χ3n) is 3.76. The van der Waals surface area contributed by atoms with E-state index in [0.29, 0.717) is 6.54 Å². The van der Waals surface area contributed by atoms with Gasteiger partial charge < -0.3 is 14.4 Å². The van der Waals surface area contributed by atoms with Crippen molar-refractivity contribution >= 4 is 11.7 Å². The Hall–Kier alpha value is -2.23. The number of anilines is 1. The van der Waals surface area contributed by atoms with Gasteiger partial charge in [-0.15, -0.1) is 0 Å². The summed E-state index contributed by atoms with van der Waals surface area (Å²) in [7, 11) is 0. The molecule has 20 heavy (non-hydrogen) atoms. The van der Waals surface area contributed by atoms with Crippen LogP contribution in [0.5, 0.6) is 0 Å². The topological polar surface area (TPSA) is 53.7 Å². The number of carboxylic acids is 1. The average molecular weight is 271 g/mol. The molecule has 1 aliphatic rings. The number of aromatic carboxylic acids is 1. The van der Waals surface area contributed by atoms with E-state index in [2.05, 4.69) is 23.1 Å². The average Bonchev–Trinajstić information content (AvgIpc) is 2.81. The molecule has 0 spiro atoms. The lowest BCUT2D eigenvalue weighted by molar-refractivity contribution is 0.0661. The summed E-state index contributed by atoms with van der Waals surface area (Å²) < 4.78 is 5.06. The molecule has 4 heteroatoms. The van der Waals surface area contributed by atoms with Crippen LogP contribution in [0.3, 0.4) is 0 Å². The summed E-state index contributed by atoms with van der Waals surface area (Å²) in [4.78, 5) is 13.4. The lowest BCUT2D eigenvalue weighted by atomic mass is 10.1. The first-order chi connectivity index (χ1) is 9.75. The Morgan fingerprint density at radius 2 is 2.10 bits per heavy atom. The van der Waals surface area contributed by atoms with Gasteiger partial charge in [0.05, 0.1) is 6.26 Å². The minimum absolute atomic E-state index is 0.0479. The van der Waals surface area contributed by atoms with Crippen molar-refractivity contribution in [2.75, 3.05) is 11.4 Å². The number of hydrogen-bond donors (Lipinski definition) is 1. The Morgan fingerprint density at radius 3 is 2.95 bits per heavy atom. The maximum absolute atomic E-state index is 11.1. The maximum atomic E-state index is 11.1. The lowest BCUT2D eigenvalue weighted by Crippen LogP contribution is -2.24. The molecule has 3 rings (SSSR count). The van der Waals surface area contributed by atoms with Crippen molar-refractivity contribution in [3.8, 4) is 0 Å². The van der Waals surface area contributed by atoms with E-state index in [1.54, 1.807) is 6.07 Å². The van der Waals surface area contributed by atoms with Gasteiger partial charge in [0.15, 0.2) is 0 Å². The molecule has 4 nitrogen and oxygen atoms in total. The number of carbonyl (C=O) groups is 1. The molecular weight excluding hydrogens is 254 g/mol. The Morgan fingerprint density at radius 1 is 1.25 bits per heavy atom. The van der Waals surface area contributed by atoms with E-state index >= 15 is 0 Å². The van der Waals surface area contributed by atoms with Gasteiger partial charge >= 0.3 is 5.97 Å². The SMILES string of the molecule is O=C(O)c1occc1CN1CCCCc2ccccc21. The van der Waals surface area contributed by atoms with Crippen molar-refractivity contribution in [1.29, 1.82) is 0 Å². The predicted octanol–water partition coefficient (Wildman–Crippen LogP) is 3.32. The van der Waals surface area contributed by atoms with Crippen LogP contribution in [-0.2, 0) is 13.0 Å². The summed E-state index contributed by atoms with van der Waals surface area (Å²) in [5, 5.41) is 9.12. The second-order valence-electron chi connectivity index (χ2n) is 5.09. The quantitative estimate of drug-likeness (QED) is 0.930. The van der Waals surface area contributed by atoms with Crippen molar-refractivity contribution < 1.29 is 14.3 Å². The van der Waals surface area contributed by atoms with Crippen LogP contribution in [0.1, 0.15) is 34.5 Å². The number of hydrogen-bond acceptors (Lipinski definition) is 3. The molecule has 0 aliphatic carbocycles. The van der Waals surface area contributed by atoms with Crippen LogP contribution in [0.4, 0.5) is 5.69 Å². The number of furan rings is 1. The molecule has 1 aliphatic heterocycles. The van der Waals surface area contributed by atoms with Crippen LogP contribution < -0.4 is 4.90 Å². The van der Waals surface area contributed by atoms with E-state index in [9.17, 15) is 4.79 Å². The summed E-state index contributed by atoms with van der Waals surface area (Å²) in [5.74, 6) is -0.958. The summed E-state index contributed by atoms with van der Waals surface area (Å²) in [6.07, 6.45) is 4.83. The van der Waals surface area contributed by atoms with E-state index in [-0.39, 0.29) is 5.76 Å². The van der Waals surface area contributed by atoms with Crippen LogP contribution in [0, 0.1) is 0 Å². The molecule has 104 valence electrons. The number of benzene rings is 1. The first kappa shape index (κ1) is 12.8. The second kappa shape index (κ2) is 5.41. The first-order valence-electron chi connectivity index (χ1n) is 6.88. The minimum Gasteiger partial charge on any atom is -0.475 e. The van der Waals surface area contributed by atoms with Gasteiger partial charge in [-0.1, -0.05) is 18.2 Å². The molecule has 0 amide bonds. The number of rotatable bonds is 3. The number of aryl methyl sites for hydroxylation is 1. The molecular formula is C16H17NO3. The van der Waals surface area contributed by atoms with E-state index < -0.39 is 5.97 Å². The van der Waals surface area contributed by atoms with Crippen molar-refractivity contribution in [3.63, 3.8) is 0 Å². The summed E-state index contributed by atoms with van der Waals surface area (Å²) in [6.45, 7) is 1.52. The third kappa shape index (κ3) is 2.41. The molecule has 0 unspecified atom stereocenters. The molecule has 0 saturated carbocycles. The predicted molar refractivity (Wildman–Crippen MR) is 76.1 cm³/mol. The van der Waals surface area contributed by atoms with Gasteiger partial charge in [0, 0.05) is 24.3 Å². The second-order valence-corrected chi connectivity index (χ2v) is 5.09. The zero-order chi connectivity index (χ0) is 13.9. The van der Waals surface area contributed by atoms with E-state index in [0.717, 1.165) is 24.9 Å². The third-order valence-corrected chi connectivity index (χ3v) is 3.76. The maximum Gasteiger partial charge on any atom is 0.372 e. The standard InChI is InChI=1S/C16H17NO3/c18-16(19)15-13(8-10-20-15)11-17-9-4-3-6-12-5-1-2-7-14(12)17/h1-2,5,7-8,10H,3-4,6,9,11H2,(H,18,19). The molecule has 1 aromatic carbocycles. The van der Waals surface area contributed by atoms with Gasteiger partial charge in [-0.05, 0) is 37.0 Å². The first-order valence-corrected chi connectivity index (χ1v) is 6.88. The molecule has 2 heterocycles. The molecule has 0 atom stereocenters. The Labute approximate surface area is 117 Å². The van der Waals surface area contributed by atoms with Gasteiger partial charge in [-0.3, -0.25) is 0 Å². The largest absolute Gasteiger partial charge is 0.475 e. The zero-order valence-corrected chi connectivity index (χ0v) is 11.2. The smallest absolute Gasteiger partial charge is 0.372 e. The molecule has 2 aromatic rings. The molecule has 0 fully saturated rings. The zero-order valence-electron chi connectivity index (χ0n) is 11.2. The fourth-order valence-electron chi connectivity index (χ4n) is 2.79. The van der Waals surface area contributed by atoms with Crippen LogP contribution >= 0.6 is 0 Å². The van der Waals surface area contributed by atoms with Gasteiger partial charge in [0.25, 0.3) is 0 Å². The van der Waals surface area contributed by atoms with Gasteiger partial charge in [-0.25, -0.2) is 4.79 Å². The molecule has 0 bridgehead atoms. The normalized spacial score (nSPS) is 14.7. The van der Waals surface area contributed by atoms with Crippen molar-refractivity contribution in [3.05, 3.63) is 53.5 Å². The molecule has 0 radical (unpaired) electrons. The number of para-hydroxylation sites is 1. The highest BCUT2D eigenvalue weighted by atomic mass is 16.4. The molecule has 1 aromatic heterocycles. The summed E-state index contributed by atoms with van der Waals surface area (Å²) in [5.41, 5.74) is 3.28. The molecule has 1 N–H and O–H groups in total. The van der Waals surface area contributed by atoms with E-state index in [1.165, 1.54) is 23.9 Å². The van der Waals surface area contributed by atoms with Crippen LogP contribution in [0.25, 0.3) is 0 Å². The molecule has 0 saturated heterocycles. The summed E-state index contributed by atoms with van der Waals surface area (Å²) in [6, 6.07) is 10.1. The van der Waals surface area contributed by atoms with E-state index in [1.807, 2.05) is 6.07 Å². The monoisotopic (exact) mass is 271 g/mol. The van der Waals surface area contributed by atoms with Crippen LogP contribution in [0.2, 0.25) is 0 Å². The van der Waals surface area contributed by atoms with E-state index in [4.69, 9.17) is 9.52 Å². The number of fused-ring (bicyclic) bond motifs is 1. The Balaban J connectivity index is 1.90. The summed E-state index contributed by atoms with van der Waals surface area (Å²) >= 11 is 0. The van der Waals surface area contributed by atoms with Gasteiger partial charge in [-0.2, -0.15) is 0 Å². The fourth-order valence-corrected chi connectivity index (χ4v) is 2.79. The number of carboxylic acid groups (broad SMARTS) is 1.